The number of nitrogens with one attached hydrogen (secondary N) is 1. The van der Waals surface area contributed by atoms with E-state index >= 15 is 0 Å². The summed E-state index contributed by atoms with van der Waals surface area (Å²) in [7, 11) is -2.33. The molecule has 0 saturated heterocycles. The van der Waals surface area contributed by atoms with Gasteiger partial charge in [-0.1, -0.05) is 139 Å². The topological polar surface area (TPSA) is 92.5 Å². The van der Waals surface area contributed by atoms with Crippen molar-refractivity contribution in [1.82, 2.24) is 4.31 Å². The van der Waals surface area contributed by atoms with E-state index in [9.17, 15) is 18.5 Å². The Labute approximate surface area is 249 Å². The molecule has 0 bridgehead atoms. The van der Waals surface area contributed by atoms with Gasteiger partial charge in [-0.15, -0.1) is 0 Å². The average Bonchev–Trinajstić information content (AvgIpc) is 2.96. The zero-order valence-electron chi connectivity index (χ0n) is 25.7. The molecule has 0 aliphatic carbocycles. The molecule has 0 saturated carbocycles. The van der Waals surface area contributed by atoms with Crippen molar-refractivity contribution in [2.45, 2.75) is 128 Å². The molecule has 1 N–H and O–H groups in total. The van der Waals surface area contributed by atoms with E-state index in [0.29, 0.717) is 6.54 Å². The van der Waals surface area contributed by atoms with Gasteiger partial charge in [-0.25, -0.2) is 12.7 Å². The quantitative estimate of drug-likeness (QED) is 0.0794. The van der Waals surface area contributed by atoms with Crippen LogP contribution >= 0.6 is 0 Å². The van der Waals surface area contributed by atoms with Gasteiger partial charge in [0.15, 0.2) is 0 Å². The molecule has 7 nitrogen and oxygen atoms in total. The minimum Gasteiger partial charge on any atom is -0.374 e. The lowest BCUT2D eigenvalue weighted by Gasteiger charge is -2.20. The molecule has 41 heavy (non-hydrogen) atoms. The second-order valence-electron chi connectivity index (χ2n) is 11.4. The van der Waals surface area contributed by atoms with Crippen molar-refractivity contribution >= 4 is 21.4 Å². The first-order chi connectivity index (χ1) is 19.8. The Bertz CT molecular complexity index is 1120. The second-order valence-corrected chi connectivity index (χ2v) is 13.4. The number of para-hydroxylation sites is 1. The molecule has 0 aliphatic heterocycles. The monoisotopic (exact) mass is 587 g/mol. The molecule has 0 amide bonds. The molecule has 0 fully saturated rings. The van der Waals surface area contributed by atoms with Crippen LogP contribution in [-0.4, -0.2) is 31.2 Å². The number of nitro benzene ring substituents is 1. The van der Waals surface area contributed by atoms with E-state index < -0.39 is 14.9 Å². The molecule has 0 unspecified atom stereocenters. The highest BCUT2D eigenvalue weighted by Crippen LogP contribution is 2.33. The van der Waals surface area contributed by atoms with Gasteiger partial charge in [0.25, 0.3) is 5.69 Å². The number of rotatable bonds is 23. The standard InChI is InChI=1S/C33H53N3O4S/c1-4-5-6-7-8-9-10-11-12-13-14-15-16-17-18-19-27-35(3)41(39,40)32-22-20-21-31(36(37)38)33(32)34-28-30-25-23-29(2)24-26-30/h20-26,34H,4-19,27-28H2,1-3H3. The number of nitrogens with zero attached hydrogens (tertiary/aromatic N) is 2. The zero-order valence-corrected chi connectivity index (χ0v) is 26.5. The number of anilines is 1. The van der Waals surface area contributed by atoms with Crippen molar-refractivity contribution in [3.8, 4) is 0 Å². The predicted octanol–water partition coefficient (Wildman–Crippen LogP) is 9.40. The number of aryl methyl sites for hydroxylation is 1. The lowest BCUT2D eigenvalue weighted by molar-refractivity contribution is -0.384. The number of unbranched alkanes of at least 4 members (excludes halogenated alkanes) is 15. The summed E-state index contributed by atoms with van der Waals surface area (Å²) in [6.07, 6.45) is 20.3. The molecule has 0 radical (unpaired) electrons. The van der Waals surface area contributed by atoms with Gasteiger partial charge in [-0.2, -0.15) is 0 Å². The van der Waals surface area contributed by atoms with Gasteiger partial charge in [0.2, 0.25) is 10.0 Å². The van der Waals surface area contributed by atoms with Crippen molar-refractivity contribution in [2.24, 2.45) is 0 Å². The molecule has 0 spiro atoms. The van der Waals surface area contributed by atoms with Crippen LogP contribution in [0.25, 0.3) is 0 Å². The van der Waals surface area contributed by atoms with E-state index in [1.54, 1.807) is 7.05 Å². The Morgan fingerprint density at radius 3 is 1.73 bits per heavy atom. The first kappa shape index (κ1) is 34.7. The third-order valence-electron chi connectivity index (χ3n) is 7.81. The van der Waals surface area contributed by atoms with E-state index in [1.165, 1.54) is 106 Å². The van der Waals surface area contributed by atoms with Gasteiger partial charge >= 0.3 is 0 Å². The second kappa shape index (κ2) is 19.6. The summed E-state index contributed by atoms with van der Waals surface area (Å²) in [5.41, 5.74) is 1.82. The van der Waals surface area contributed by atoms with Gasteiger partial charge in [0.05, 0.1) is 4.92 Å². The van der Waals surface area contributed by atoms with Crippen molar-refractivity contribution < 1.29 is 13.3 Å². The molecular formula is C33H53N3O4S. The Balaban J connectivity index is 1.72. The van der Waals surface area contributed by atoms with Crippen LogP contribution in [0.4, 0.5) is 11.4 Å². The number of nitro groups is 1. The zero-order chi connectivity index (χ0) is 29.9. The minimum atomic E-state index is -3.89. The maximum absolute atomic E-state index is 13.4. The Morgan fingerprint density at radius 1 is 0.756 bits per heavy atom. The highest BCUT2D eigenvalue weighted by molar-refractivity contribution is 7.89. The summed E-state index contributed by atoms with van der Waals surface area (Å²) in [4.78, 5) is 11.1. The van der Waals surface area contributed by atoms with Crippen molar-refractivity contribution in [3.05, 3.63) is 63.7 Å². The highest BCUT2D eigenvalue weighted by atomic mass is 32.2. The van der Waals surface area contributed by atoms with Crippen LogP contribution in [-0.2, 0) is 16.6 Å². The van der Waals surface area contributed by atoms with Gasteiger partial charge in [0, 0.05) is 26.2 Å². The third kappa shape index (κ3) is 12.9. The normalized spacial score (nSPS) is 11.7. The van der Waals surface area contributed by atoms with E-state index in [2.05, 4.69) is 12.2 Å². The largest absolute Gasteiger partial charge is 0.374 e. The van der Waals surface area contributed by atoms with Crippen LogP contribution in [0, 0.1) is 17.0 Å². The summed E-state index contributed by atoms with van der Waals surface area (Å²) in [6, 6.07) is 12.0. The number of hydrogen-bond donors (Lipinski definition) is 1. The van der Waals surface area contributed by atoms with Gasteiger partial charge in [0.1, 0.15) is 10.6 Å². The molecule has 0 aliphatic rings. The first-order valence-corrected chi connectivity index (χ1v) is 17.2. The van der Waals surface area contributed by atoms with Gasteiger partial charge in [-0.05, 0) is 25.0 Å². The summed E-state index contributed by atoms with van der Waals surface area (Å²) in [6.45, 7) is 4.93. The minimum absolute atomic E-state index is 0.0388. The first-order valence-electron chi connectivity index (χ1n) is 15.8. The molecule has 0 atom stereocenters. The molecule has 2 aromatic carbocycles. The van der Waals surface area contributed by atoms with Crippen molar-refractivity contribution in [3.63, 3.8) is 0 Å². The Kier molecular flexibility index (Phi) is 16.6. The van der Waals surface area contributed by atoms with Gasteiger partial charge < -0.3 is 5.32 Å². The average molecular weight is 588 g/mol. The van der Waals surface area contributed by atoms with Crippen LogP contribution in [0.3, 0.4) is 0 Å². The maximum atomic E-state index is 13.4. The Hall–Kier alpha value is -2.45. The van der Waals surface area contributed by atoms with E-state index in [4.69, 9.17) is 0 Å². The van der Waals surface area contributed by atoms with Crippen LogP contribution in [0.5, 0.6) is 0 Å². The highest BCUT2D eigenvalue weighted by Gasteiger charge is 2.29. The molecule has 2 rings (SSSR count). The molecule has 230 valence electrons. The number of sulfonamides is 1. The maximum Gasteiger partial charge on any atom is 0.293 e. The van der Waals surface area contributed by atoms with Crippen LogP contribution < -0.4 is 5.32 Å². The number of hydrogen-bond acceptors (Lipinski definition) is 5. The fourth-order valence-corrected chi connectivity index (χ4v) is 6.52. The van der Waals surface area contributed by atoms with Crippen LogP contribution in [0.1, 0.15) is 121 Å². The molecule has 8 heteroatoms. The summed E-state index contributed by atoms with van der Waals surface area (Å²) >= 11 is 0. The molecule has 0 heterocycles. The van der Waals surface area contributed by atoms with Crippen LogP contribution in [0.15, 0.2) is 47.4 Å². The van der Waals surface area contributed by atoms with E-state index in [-0.39, 0.29) is 22.8 Å². The summed E-state index contributed by atoms with van der Waals surface area (Å²) in [5, 5.41) is 14.8. The lowest BCUT2D eigenvalue weighted by Crippen LogP contribution is -2.29. The predicted molar refractivity (Wildman–Crippen MR) is 171 cm³/mol. The van der Waals surface area contributed by atoms with Crippen molar-refractivity contribution in [1.29, 1.82) is 0 Å². The van der Waals surface area contributed by atoms with Crippen LogP contribution in [0.2, 0.25) is 0 Å². The third-order valence-corrected chi connectivity index (χ3v) is 9.70. The fourth-order valence-electron chi connectivity index (χ4n) is 5.13. The van der Waals surface area contributed by atoms with E-state index in [1.807, 2.05) is 31.2 Å². The molecular weight excluding hydrogens is 534 g/mol. The lowest BCUT2D eigenvalue weighted by atomic mass is 10.0. The SMILES string of the molecule is CCCCCCCCCCCCCCCCCCN(C)S(=O)(=O)c1cccc([N+](=O)[O-])c1NCc1ccc(C)cc1. The van der Waals surface area contributed by atoms with E-state index in [0.717, 1.165) is 30.4 Å². The Morgan fingerprint density at radius 2 is 1.24 bits per heavy atom. The summed E-state index contributed by atoms with van der Waals surface area (Å²) in [5.74, 6) is 0. The fraction of sp³-hybridized carbons (Fsp3) is 0.636. The number of benzene rings is 2. The molecule has 2 aromatic rings. The smallest absolute Gasteiger partial charge is 0.293 e. The van der Waals surface area contributed by atoms with Crippen molar-refractivity contribution in [2.75, 3.05) is 18.9 Å². The molecule has 0 aromatic heterocycles. The summed E-state index contributed by atoms with van der Waals surface area (Å²) < 4.78 is 28.2. The van der Waals surface area contributed by atoms with Gasteiger partial charge in [-0.3, -0.25) is 10.1 Å².